The summed E-state index contributed by atoms with van der Waals surface area (Å²) in [6, 6.07) is 5.73. The first-order valence-electron chi connectivity index (χ1n) is 5.59. The number of methoxy groups -OCH3 is 1. The lowest BCUT2D eigenvalue weighted by atomic mass is 9.89. The molecule has 0 spiro atoms. The predicted molar refractivity (Wildman–Crippen MR) is 62.9 cm³/mol. The van der Waals surface area contributed by atoms with E-state index in [9.17, 15) is 9.59 Å². The molecule has 90 valence electrons. The molecule has 0 aromatic heterocycles. The van der Waals surface area contributed by atoms with E-state index in [-0.39, 0.29) is 17.7 Å². The number of ether oxygens (including phenoxy) is 1. The Bertz CT molecular complexity index is 468. The Labute approximate surface area is 100.0 Å². The van der Waals surface area contributed by atoms with Crippen LogP contribution >= 0.6 is 0 Å². The summed E-state index contributed by atoms with van der Waals surface area (Å²) < 4.78 is 5.18. The van der Waals surface area contributed by atoms with Crippen LogP contribution in [0.1, 0.15) is 29.9 Å². The van der Waals surface area contributed by atoms with Crippen molar-refractivity contribution in [2.24, 2.45) is 0 Å². The Morgan fingerprint density at radius 3 is 2.71 bits per heavy atom. The Hall–Kier alpha value is -1.84. The topological polar surface area (TPSA) is 55.4 Å². The van der Waals surface area contributed by atoms with Crippen LogP contribution in [0.15, 0.2) is 18.2 Å². The average molecular weight is 233 g/mol. The first-order valence-corrected chi connectivity index (χ1v) is 5.59. The zero-order valence-electron chi connectivity index (χ0n) is 9.95. The van der Waals surface area contributed by atoms with Crippen molar-refractivity contribution >= 4 is 11.8 Å². The van der Waals surface area contributed by atoms with Crippen molar-refractivity contribution in [2.45, 2.75) is 25.7 Å². The monoisotopic (exact) mass is 233 g/mol. The van der Waals surface area contributed by atoms with Gasteiger partial charge in [-0.15, -0.1) is 0 Å². The zero-order valence-corrected chi connectivity index (χ0v) is 9.95. The van der Waals surface area contributed by atoms with Gasteiger partial charge in [0, 0.05) is 6.42 Å². The molecule has 1 aliphatic rings. The first kappa shape index (κ1) is 11.6. The van der Waals surface area contributed by atoms with Gasteiger partial charge in [0.1, 0.15) is 5.75 Å². The van der Waals surface area contributed by atoms with Crippen LogP contribution in [0, 0.1) is 6.92 Å². The minimum atomic E-state index is -0.249. The molecule has 1 atom stereocenters. The number of hydrogen-bond donors (Lipinski definition) is 1. The van der Waals surface area contributed by atoms with Crippen LogP contribution < -0.4 is 10.1 Å². The average Bonchev–Trinajstić information content (AvgIpc) is 2.28. The van der Waals surface area contributed by atoms with E-state index >= 15 is 0 Å². The Morgan fingerprint density at radius 2 is 2.06 bits per heavy atom. The fourth-order valence-electron chi connectivity index (χ4n) is 2.11. The van der Waals surface area contributed by atoms with Gasteiger partial charge in [-0.3, -0.25) is 14.9 Å². The molecule has 0 aliphatic carbocycles. The maximum absolute atomic E-state index is 11.7. The van der Waals surface area contributed by atoms with E-state index in [2.05, 4.69) is 5.32 Å². The first-order chi connectivity index (χ1) is 8.10. The number of amides is 2. The highest BCUT2D eigenvalue weighted by Gasteiger charge is 2.28. The Balaban J connectivity index is 2.30. The van der Waals surface area contributed by atoms with Gasteiger partial charge in [0.05, 0.1) is 13.0 Å². The van der Waals surface area contributed by atoms with Crippen LogP contribution in [0.2, 0.25) is 0 Å². The number of carbonyl (C=O) groups is 2. The second-order valence-electron chi connectivity index (χ2n) is 4.29. The molecule has 1 fully saturated rings. The van der Waals surface area contributed by atoms with Crippen molar-refractivity contribution < 1.29 is 14.3 Å². The van der Waals surface area contributed by atoms with Crippen molar-refractivity contribution in [3.05, 3.63) is 29.3 Å². The smallest absolute Gasteiger partial charge is 0.234 e. The molecule has 4 heteroatoms. The lowest BCUT2D eigenvalue weighted by Gasteiger charge is -2.21. The number of hydrogen-bond acceptors (Lipinski definition) is 3. The van der Waals surface area contributed by atoms with Gasteiger partial charge in [-0.05, 0) is 36.6 Å². The summed E-state index contributed by atoms with van der Waals surface area (Å²) in [6.07, 6.45) is 0.962. The van der Waals surface area contributed by atoms with E-state index in [1.807, 2.05) is 25.1 Å². The van der Waals surface area contributed by atoms with Gasteiger partial charge >= 0.3 is 0 Å². The molecule has 0 saturated carbocycles. The van der Waals surface area contributed by atoms with Gasteiger partial charge < -0.3 is 4.74 Å². The fraction of sp³-hybridized carbons (Fsp3) is 0.385. The molecular weight excluding hydrogens is 218 g/mol. The van der Waals surface area contributed by atoms with E-state index in [0.717, 1.165) is 16.9 Å². The van der Waals surface area contributed by atoms with E-state index in [1.165, 1.54) is 0 Å². The molecule has 1 aromatic carbocycles. The van der Waals surface area contributed by atoms with Gasteiger partial charge in [-0.1, -0.05) is 6.07 Å². The molecule has 1 aliphatic heterocycles. The van der Waals surface area contributed by atoms with Crippen LogP contribution in [0.4, 0.5) is 0 Å². The molecule has 17 heavy (non-hydrogen) atoms. The lowest BCUT2D eigenvalue weighted by Crippen LogP contribution is -2.39. The molecule has 2 rings (SSSR count). The summed E-state index contributed by atoms with van der Waals surface area (Å²) in [5.74, 6) is 0.0889. The number of piperidine rings is 1. The van der Waals surface area contributed by atoms with Crippen LogP contribution in [-0.2, 0) is 9.59 Å². The molecular formula is C13H15NO3. The number of carbonyl (C=O) groups excluding carboxylic acids is 2. The standard InChI is InChI=1S/C13H15NO3/c1-8-5-9(7-10(6-8)17-2)11-3-4-12(15)14-13(11)16/h5-7,11H,3-4H2,1-2H3,(H,14,15,16). The van der Waals surface area contributed by atoms with Crippen molar-refractivity contribution in [1.29, 1.82) is 0 Å². The highest BCUT2D eigenvalue weighted by Crippen LogP contribution is 2.28. The summed E-state index contributed by atoms with van der Waals surface area (Å²) >= 11 is 0. The van der Waals surface area contributed by atoms with E-state index in [0.29, 0.717) is 12.8 Å². The molecule has 0 radical (unpaired) electrons. The molecule has 1 heterocycles. The summed E-state index contributed by atoms with van der Waals surface area (Å²) in [5.41, 5.74) is 1.95. The third-order valence-corrected chi connectivity index (χ3v) is 2.95. The van der Waals surface area contributed by atoms with Crippen molar-refractivity contribution in [3.63, 3.8) is 0 Å². The zero-order chi connectivity index (χ0) is 12.4. The fourth-order valence-corrected chi connectivity index (χ4v) is 2.11. The summed E-state index contributed by atoms with van der Waals surface area (Å²) in [6.45, 7) is 1.96. The predicted octanol–water partition coefficient (Wildman–Crippen LogP) is 1.52. The quantitative estimate of drug-likeness (QED) is 0.788. The maximum Gasteiger partial charge on any atom is 0.234 e. The van der Waals surface area contributed by atoms with Gasteiger partial charge in [-0.2, -0.15) is 0 Å². The molecule has 1 N–H and O–H groups in total. The van der Waals surface area contributed by atoms with Crippen molar-refractivity contribution in [3.8, 4) is 5.75 Å². The Morgan fingerprint density at radius 1 is 1.29 bits per heavy atom. The third kappa shape index (κ3) is 2.46. The van der Waals surface area contributed by atoms with Crippen LogP contribution in [0.5, 0.6) is 5.75 Å². The lowest BCUT2D eigenvalue weighted by molar-refractivity contribution is -0.134. The number of imide groups is 1. The molecule has 4 nitrogen and oxygen atoms in total. The minimum absolute atomic E-state index is 0.189. The summed E-state index contributed by atoms with van der Waals surface area (Å²) in [5, 5.41) is 2.37. The SMILES string of the molecule is COc1cc(C)cc(C2CCC(=O)NC2=O)c1. The normalized spacial score (nSPS) is 20.0. The maximum atomic E-state index is 11.7. The van der Waals surface area contributed by atoms with Gasteiger partial charge in [0.25, 0.3) is 0 Å². The Kier molecular flexibility index (Phi) is 3.13. The highest BCUT2D eigenvalue weighted by molar-refractivity contribution is 6.00. The van der Waals surface area contributed by atoms with Crippen LogP contribution in [0.3, 0.4) is 0 Å². The van der Waals surface area contributed by atoms with Gasteiger partial charge in [0.15, 0.2) is 0 Å². The van der Waals surface area contributed by atoms with Crippen LogP contribution in [0.25, 0.3) is 0 Å². The van der Waals surface area contributed by atoms with Gasteiger partial charge in [0.2, 0.25) is 11.8 Å². The third-order valence-electron chi connectivity index (χ3n) is 2.95. The second kappa shape index (κ2) is 4.57. The van der Waals surface area contributed by atoms with Crippen molar-refractivity contribution in [1.82, 2.24) is 5.32 Å². The number of benzene rings is 1. The van der Waals surface area contributed by atoms with Gasteiger partial charge in [-0.25, -0.2) is 0 Å². The minimum Gasteiger partial charge on any atom is -0.497 e. The molecule has 0 bridgehead atoms. The van der Waals surface area contributed by atoms with E-state index in [4.69, 9.17) is 4.74 Å². The number of nitrogens with one attached hydrogen (secondary N) is 1. The second-order valence-corrected chi connectivity index (χ2v) is 4.29. The molecule has 1 aromatic rings. The van der Waals surface area contributed by atoms with E-state index < -0.39 is 0 Å². The number of aryl methyl sites for hydroxylation is 1. The highest BCUT2D eigenvalue weighted by atomic mass is 16.5. The van der Waals surface area contributed by atoms with Crippen molar-refractivity contribution in [2.75, 3.05) is 7.11 Å². The molecule has 2 amide bonds. The van der Waals surface area contributed by atoms with Crippen LogP contribution in [-0.4, -0.2) is 18.9 Å². The van der Waals surface area contributed by atoms with E-state index in [1.54, 1.807) is 7.11 Å². The summed E-state index contributed by atoms with van der Waals surface area (Å²) in [4.78, 5) is 22.8. The number of rotatable bonds is 2. The molecule has 1 saturated heterocycles. The largest absolute Gasteiger partial charge is 0.497 e. The molecule has 1 unspecified atom stereocenters. The summed E-state index contributed by atoms with van der Waals surface area (Å²) in [7, 11) is 1.60.